The minimum atomic E-state index is -0.329. The average molecular weight is 365 g/mol. The van der Waals surface area contributed by atoms with Gasteiger partial charge in [-0.15, -0.1) is 0 Å². The van der Waals surface area contributed by atoms with Crippen LogP contribution in [0.25, 0.3) is 0 Å². The highest BCUT2D eigenvalue weighted by Crippen LogP contribution is 2.22. The summed E-state index contributed by atoms with van der Waals surface area (Å²) in [5, 5.41) is 2.84. The number of carbonyl (C=O) groups is 3. The molecule has 1 unspecified atom stereocenters. The fourth-order valence-electron chi connectivity index (χ4n) is 3.15. The highest BCUT2D eigenvalue weighted by molar-refractivity contribution is 6.21. The Kier molecular flexibility index (Phi) is 5.98. The molecule has 27 heavy (non-hydrogen) atoms. The van der Waals surface area contributed by atoms with Crippen LogP contribution in [0.1, 0.15) is 51.6 Å². The van der Waals surface area contributed by atoms with Crippen molar-refractivity contribution in [3.63, 3.8) is 0 Å². The van der Waals surface area contributed by atoms with Crippen molar-refractivity contribution < 1.29 is 14.4 Å². The third-order valence-corrected chi connectivity index (χ3v) is 4.64. The molecule has 1 aliphatic rings. The predicted octanol–water partition coefficient (Wildman–Crippen LogP) is 2.27. The molecule has 6 nitrogen and oxygen atoms in total. The highest BCUT2D eigenvalue weighted by Gasteiger charge is 2.34. The van der Waals surface area contributed by atoms with Gasteiger partial charge >= 0.3 is 0 Å². The zero-order valence-electron chi connectivity index (χ0n) is 15.1. The minimum absolute atomic E-state index is 0.105. The van der Waals surface area contributed by atoms with Gasteiger partial charge in [0, 0.05) is 25.6 Å². The molecule has 0 bridgehead atoms. The summed E-state index contributed by atoms with van der Waals surface area (Å²) in [4.78, 5) is 37.8. The maximum Gasteiger partial charge on any atom is 0.261 e. The molecule has 0 spiro atoms. The zero-order valence-corrected chi connectivity index (χ0v) is 15.1. The molecule has 1 aliphatic heterocycles. The van der Waals surface area contributed by atoms with Gasteiger partial charge in [0.15, 0.2) is 0 Å². The van der Waals surface area contributed by atoms with E-state index in [1.165, 1.54) is 4.90 Å². The number of rotatable bonds is 8. The second-order valence-corrected chi connectivity index (χ2v) is 6.59. The number of amides is 3. The quantitative estimate of drug-likeness (QED) is 0.554. The van der Waals surface area contributed by atoms with E-state index >= 15 is 0 Å². The predicted molar refractivity (Wildman–Crippen MR) is 102 cm³/mol. The smallest absolute Gasteiger partial charge is 0.261 e. The van der Waals surface area contributed by atoms with Gasteiger partial charge in [0.25, 0.3) is 11.8 Å². The number of nitrogens with zero attached hydrogens (tertiary/aromatic N) is 1. The fraction of sp³-hybridized carbons (Fsp3) is 0.286. The van der Waals surface area contributed by atoms with Crippen LogP contribution in [0, 0.1) is 0 Å². The van der Waals surface area contributed by atoms with E-state index in [9.17, 15) is 14.4 Å². The molecule has 0 radical (unpaired) electrons. The Morgan fingerprint density at radius 1 is 0.926 bits per heavy atom. The number of fused-ring (bicyclic) bond motifs is 1. The standard InChI is InChI=1S/C21H23N3O3/c22-18(15-8-2-1-3-9-15)14-19(25)23-12-6-7-13-24-20(26)16-10-4-5-11-17(16)21(24)27/h1-5,8-11,18H,6-7,12-14,22H2,(H,23,25). The molecular weight excluding hydrogens is 342 g/mol. The number of unbranched alkanes of at least 4 members (excludes halogenated alkanes) is 1. The molecule has 1 atom stereocenters. The largest absolute Gasteiger partial charge is 0.356 e. The first-order valence-corrected chi connectivity index (χ1v) is 9.10. The summed E-state index contributed by atoms with van der Waals surface area (Å²) in [5.41, 5.74) is 7.90. The van der Waals surface area contributed by atoms with E-state index in [1.807, 2.05) is 30.3 Å². The van der Waals surface area contributed by atoms with Crippen LogP contribution in [0.2, 0.25) is 0 Å². The third-order valence-electron chi connectivity index (χ3n) is 4.64. The highest BCUT2D eigenvalue weighted by atomic mass is 16.2. The van der Waals surface area contributed by atoms with Gasteiger partial charge in [0.2, 0.25) is 5.91 Å². The first-order valence-electron chi connectivity index (χ1n) is 9.10. The molecule has 0 aromatic heterocycles. The van der Waals surface area contributed by atoms with Crippen molar-refractivity contribution >= 4 is 17.7 Å². The van der Waals surface area contributed by atoms with Crippen LogP contribution >= 0.6 is 0 Å². The first-order chi connectivity index (χ1) is 13.1. The van der Waals surface area contributed by atoms with Crippen LogP contribution in [-0.2, 0) is 4.79 Å². The molecule has 3 rings (SSSR count). The maximum absolute atomic E-state index is 12.3. The lowest BCUT2D eigenvalue weighted by Gasteiger charge is -2.14. The Balaban J connectivity index is 1.37. The lowest BCUT2D eigenvalue weighted by molar-refractivity contribution is -0.121. The molecule has 2 aromatic carbocycles. The van der Waals surface area contributed by atoms with E-state index < -0.39 is 0 Å². The Morgan fingerprint density at radius 3 is 2.15 bits per heavy atom. The molecule has 140 valence electrons. The molecule has 6 heteroatoms. The average Bonchev–Trinajstić information content (AvgIpc) is 2.93. The summed E-state index contributed by atoms with van der Waals surface area (Å²) in [6.45, 7) is 0.843. The van der Waals surface area contributed by atoms with E-state index in [4.69, 9.17) is 5.73 Å². The molecule has 2 aromatic rings. The van der Waals surface area contributed by atoms with E-state index in [2.05, 4.69) is 5.32 Å². The molecule has 0 saturated heterocycles. The number of benzene rings is 2. The molecule has 3 N–H and O–H groups in total. The van der Waals surface area contributed by atoms with Crippen molar-refractivity contribution in [1.82, 2.24) is 10.2 Å². The normalized spacial score (nSPS) is 14.2. The van der Waals surface area contributed by atoms with E-state index in [1.54, 1.807) is 24.3 Å². The molecule has 0 fully saturated rings. The van der Waals surface area contributed by atoms with Crippen molar-refractivity contribution in [2.24, 2.45) is 5.73 Å². The summed E-state index contributed by atoms with van der Waals surface area (Å²) >= 11 is 0. The third kappa shape index (κ3) is 4.41. The second-order valence-electron chi connectivity index (χ2n) is 6.59. The van der Waals surface area contributed by atoms with Crippen LogP contribution in [0.5, 0.6) is 0 Å². The van der Waals surface area contributed by atoms with Crippen LogP contribution in [-0.4, -0.2) is 35.7 Å². The summed E-state index contributed by atoms with van der Waals surface area (Å²) in [5.74, 6) is -0.589. The van der Waals surface area contributed by atoms with Gasteiger partial charge in [-0.1, -0.05) is 42.5 Å². The van der Waals surface area contributed by atoms with Gasteiger partial charge in [0.05, 0.1) is 11.1 Å². The van der Waals surface area contributed by atoms with Crippen LogP contribution in [0.4, 0.5) is 0 Å². The number of imide groups is 1. The molecular formula is C21H23N3O3. The number of nitrogens with one attached hydrogen (secondary N) is 1. The van der Waals surface area contributed by atoms with E-state index in [0.717, 1.165) is 5.56 Å². The Bertz CT molecular complexity index is 801. The minimum Gasteiger partial charge on any atom is -0.356 e. The summed E-state index contributed by atoms with van der Waals surface area (Å²) in [6.07, 6.45) is 1.54. The molecule has 1 heterocycles. The number of hydrogen-bond donors (Lipinski definition) is 2. The van der Waals surface area contributed by atoms with Crippen LogP contribution in [0.15, 0.2) is 54.6 Å². The van der Waals surface area contributed by atoms with Gasteiger partial charge in [0.1, 0.15) is 0 Å². The van der Waals surface area contributed by atoms with Crippen LogP contribution < -0.4 is 11.1 Å². The second kappa shape index (κ2) is 8.60. The van der Waals surface area contributed by atoms with Crippen molar-refractivity contribution in [2.45, 2.75) is 25.3 Å². The van der Waals surface area contributed by atoms with Gasteiger partial charge in [-0.2, -0.15) is 0 Å². The van der Waals surface area contributed by atoms with Crippen molar-refractivity contribution in [1.29, 1.82) is 0 Å². The first kappa shape index (κ1) is 18.8. The van der Waals surface area contributed by atoms with E-state index in [-0.39, 0.29) is 30.2 Å². The zero-order chi connectivity index (χ0) is 19.2. The number of nitrogens with two attached hydrogens (primary N) is 1. The molecule has 3 amide bonds. The number of carbonyl (C=O) groups excluding carboxylic acids is 3. The van der Waals surface area contributed by atoms with Crippen molar-refractivity contribution in [3.8, 4) is 0 Å². The monoisotopic (exact) mass is 365 g/mol. The Morgan fingerprint density at radius 2 is 1.52 bits per heavy atom. The summed E-state index contributed by atoms with van der Waals surface area (Å²) in [7, 11) is 0. The topological polar surface area (TPSA) is 92.5 Å². The number of hydrogen-bond acceptors (Lipinski definition) is 4. The van der Waals surface area contributed by atoms with E-state index in [0.29, 0.717) is 37.1 Å². The van der Waals surface area contributed by atoms with Gasteiger partial charge in [-0.3, -0.25) is 19.3 Å². The van der Waals surface area contributed by atoms with Crippen LogP contribution in [0.3, 0.4) is 0 Å². The Labute approximate surface area is 158 Å². The SMILES string of the molecule is NC(CC(=O)NCCCCN1C(=O)c2ccccc2C1=O)c1ccccc1. The summed E-state index contributed by atoms with van der Waals surface area (Å²) < 4.78 is 0. The van der Waals surface area contributed by atoms with Gasteiger partial charge < -0.3 is 11.1 Å². The molecule has 0 aliphatic carbocycles. The van der Waals surface area contributed by atoms with Crippen molar-refractivity contribution in [3.05, 3.63) is 71.3 Å². The Hall–Kier alpha value is -2.99. The van der Waals surface area contributed by atoms with Gasteiger partial charge in [-0.05, 0) is 30.5 Å². The van der Waals surface area contributed by atoms with Crippen molar-refractivity contribution in [2.75, 3.05) is 13.1 Å². The summed E-state index contributed by atoms with van der Waals surface area (Å²) in [6, 6.07) is 16.0. The fourth-order valence-corrected chi connectivity index (χ4v) is 3.15. The molecule has 0 saturated carbocycles. The van der Waals surface area contributed by atoms with Gasteiger partial charge in [-0.25, -0.2) is 0 Å². The maximum atomic E-state index is 12.3. The lowest BCUT2D eigenvalue weighted by Crippen LogP contribution is -2.32. The lowest BCUT2D eigenvalue weighted by atomic mass is 10.0.